The molecule has 0 aliphatic rings. The summed E-state index contributed by atoms with van der Waals surface area (Å²) in [6, 6.07) is 11.3. The third-order valence-corrected chi connectivity index (χ3v) is 11.4. The summed E-state index contributed by atoms with van der Waals surface area (Å²) in [6.45, 7) is 2.93. The smallest absolute Gasteiger partial charge is 0.397 e. The van der Waals surface area contributed by atoms with Gasteiger partial charge in [0.25, 0.3) is 30.4 Å². The molecule has 0 heterocycles. The number of rotatable bonds is 12. The van der Waals surface area contributed by atoms with Crippen LogP contribution in [0.3, 0.4) is 0 Å². The topological polar surface area (TPSA) is 367 Å². The van der Waals surface area contributed by atoms with Crippen molar-refractivity contribution in [2.75, 3.05) is 29.6 Å². The highest BCUT2D eigenvalue weighted by atomic mass is 32.3. The Bertz CT molecular complexity index is 2550. The number of nitrogens with zero attached hydrogens (tertiary/aromatic N) is 2. The molecule has 0 saturated carbocycles. The van der Waals surface area contributed by atoms with E-state index in [-0.39, 0.29) is 10.6 Å². The lowest BCUT2D eigenvalue weighted by atomic mass is 10.1. The zero-order valence-electron chi connectivity index (χ0n) is 25.8. The summed E-state index contributed by atoms with van der Waals surface area (Å²) in [6.07, 6.45) is 0. The van der Waals surface area contributed by atoms with E-state index in [1.807, 2.05) is 0 Å². The first-order valence-corrected chi connectivity index (χ1v) is 21.2. The van der Waals surface area contributed by atoms with Gasteiger partial charge in [0.15, 0.2) is 5.75 Å². The van der Waals surface area contributed by atoms with Crippen LogP contribution in [0.25, 0.3) is 10.8 Å². The fourth-order valence-corrected chi connectivity index (χ4v) is 7.83. The maximum Gasteiger partial charge on any atom is 0.397 e. The van der Waals surface area contributed by atoms with Crippen molar-refractivity contribution in [3.05, 3.63) is 66.6 Å². The van der Waals surface area contributed by atoms with Gasteiger partial charge in [-0.3, -0.25) is 18.2 Å². The second-order valence-electron chi connectivity index (χ2n) is 9.76. The molecule has 26 heteroatoms. The van der Waals surface area contributed by atoms with E-state index >= 15 is 0 Å². The number of nitrogens with two attached hydrogens (primary N) is 3. The Morgan fingerprint density at radius 3 is 1.85 bits per heavy atom. The Morgan fingerprint density at radius 2 is 1.33 bits per heavy atom. The molecule has 282 valence electrons. The van der Waals surface area contributed by atoms with Gasteiger partial charge < -0.3 is 22.3 Å². The first-order valence-electron chi connectivity index (χ1n) is 13.3. The lowest BCUT2D eigenvalue weighted by Crippen LogP contribution is -2.07. The highest BCUT2D eigenvalue weighted by Crippen LogP contribution is 2.46. The molecule has 0 spiro atoms. The summed E-state index contributed by atoms with van der Waals surface area (Å²) in [5.74, 6) is -1.19. The van der Waals surface area contributed by atoms with Crippen molar-refractivity contribution in [3.8, 4) is 5.75 Å². The van der Waals surface area contributed by atoms with E-state index in [2.05, 4.69) is 21.0 Å². The van der Waals surface area contributed by atoms with Crippen LogP contribution in [0.15, 0.2) is 101 Å². The molecular formula is C26H27N5O15S6. The average molecular weight is 842 g/mol. The van der Waals surface area contributed by atoms with Crippen LogP contribution in [-0.4, -0.2) is 73.6 Å². The number of anilines is 3. The number of phenolic OH excluding ortho intramolecular Hbond substituents is 1. The van der Waals surface area contributed by atoms with Crippen molar-refractivity contribution < 1.29 is 65.4 Å². The number of azo groups is 1. The van der Waals surface area contributed by atoms with Crippen LogP contribution < -0.4 is 17.2 Å². The highest BCUT2D eigenvalue weighted by Gasteiger charge is 2.27. The quantitative estimate of drug-likeness (QED) is 0.0333. The van der Waals surface area contributed by atoms with E-state index in [1.165, 1.54) is 11.5 Å². The van der Waals surface area contributed by atoms with Crippen LogP contribution in [0.1, 0.15) is 0 Å². The third-order valence-electron chi connectivity index (χ3n) is 6.25. The first-order chi connectivity index (χ1) is 23.8. The molecular weight excluding hydrogens is 815 g/mol. The Hall–Kier alpha value is -4.22. The van der Waals surface area contributed by atoms with Crippen LogP contribution in [0.2, 0.25) is 0 Å². The van der Waals surface area contributed by atoms with Crippen molar-refractivity contribution >= 4 is 103 Å². The molecule has 11 N–H and O–H groups in total. The van der Waals surface area contributed by atoms with Gasteiger partial charge in [-0.15, -0.1) is 22.0 Å². The lowest BCUT2D eigenvalue weighted by Gasteiger charge is -2.14. The van der Waals surface area contributed by atoms with Crippen molar-refractivity contribution in [2.24, 2.45) is 10.2 Å². The molecule has 0 aliphatic heterocycles. The fourth-order valence-electron chi connectivity index (χ4n) is 4.02. The van der Waals surface area contributed by atoms with E-state index in [1.54, 1.807) is 24.3 Å². The molecule has 4 aromatic carbocycles. The third kappa shape index (κ3) is 10.9. The number of thioether (sulfide) groups is 1. The SMILES string of the molecule is C=CS(=O)c1ccc(N)cc1.Nc1c(S(=O)(=O)O)cc2cc(S(=O)(=O)O)c(N=Nc3ccc(SCCOS(=O)(=O)O)cc3S(=O)(=O)O)c(O)c2c1N. The molecule has 4 aromatic rings. The molecule has 0 aromatic heterocycles. The molecule has 52 heavy (non-hydrogen) atoms. The largest absolute Gasteiger partial charge is 0.505 e. The van der Waals surface area contributed by atoms with Crippen LogP contribution in [0.5, 0.6) is 5.75 Å². The van der Waals surface area contributed by atoms with Crippen LogP contribution >= 0.6 is 11.8 Å². The first kappa shape index (κ1) is 42.2. The van der Waals surface area contributed by atoms with Gasteiger partial charge in [0.2, 0.25) is 0 Å². The number of benzene rings is 4. The van der Waals surface area contributed by atoms with Gasteiger partial charge in [-0.1, -0.05) is 6.58 Å². The van der Waals surface area contributed by atoms with Gasteiger partial charge in [-0.2, -0.15) is 33.7 Å². The van der Waals surface area contributed by atoms with E-state index in [4.69, 9.17) is 21.8 Å². The Kier molecular flexibility index (Phi) is 13.2. The molecule has 0 saturated heterocycles. The zero-order chi connectivity index (χ0) is 39.4. The van der Waals surface area contributed by atoms with E-state index < -0.39 is 112 Å². The molecule has 4 rings (SSSR count). The zero-order valence-corrected chi connectivity index (χ0v) is 30.7. The maximum absolute atomic E-state index is 12.1. The van der Waals surface area contributed by atoms with Gasteiger partial charge in [-0.25, -0.2) is 8.39 Å². The molecule has 1 atom stereocenters. The molecule has 0 amide bonds. The number of fused-ring (bicyclic) bond motifs is 1. The molecule has 0 aliphatic carbocycles. The number of phenols is 1. The van der Waals surface area contributed by atoms with Gasteiger partial charge in [-0.05, 0) is 60.0 Å². The predicted molar refractivity (Wildman–Crippen MR) is 190 cm³/mol. The summed E-state index contributed by atoms with van der Waals surface area (Å²) in [7, 11) is -21.0. The van der Waals surface area contributed by atoms with E-state index in [0.29, 0.717) is 17.8 Å². The van der Waals surface area contributed by atoms with Crippen molar-refractivity contribution in [1.29, 1.82) is 0 Å². The Balaban J connectivity index is 0.000000564. The summed E-state index contributed by atoms with van der Waals surface area (Å²) >= 11 is 0.843. The molecule has 0 fully saturated rings. The molecule has 0 bridgehead atoms. The van der Waals surface area contributed by atoms with Crippen molar-refractivity contribution in [1.82, 2.24) is 0 Å². The number of hydrogen-bond donors (Lipinski definition) is 8. The van der Waals surface area contributed by atoms with Gasteiger partial charge in [0.05, 0.1) is 34.2 Å². The number of hydrogen-bond acceptors (Lipinski definition) is 17. The summed E-state index contributed by atoms with van der Waals surface area (Å²) in [4.78, 5) is -2.07. The number of aromatic hydroxyl groups is 1. The van der Waals surface area contributed by atoms with Gasteiger partial charge in [0.1, 0.15) is 26.1 Å². The van der Waals surface area contributed by atoms with E-state index in [0.717, 1.165) is 28.8 Å². The van der Waals surface area contributed by atoms with Crippen LogP contribution in [0.4, 0.5) is 28.4 Å². The fraction of sp³-hybridized carbons (Fsp3) is 0.0769. The predicted octanol–water partition coefficient (Wildman–Crippen LogP) is 3.30. The molecule has 0 radical (unpaired) electrons. The van der Waals surface area contributed by atoms with E-state index in [9.17, 15) is 56.6 Å². The lowest BCUT2D eigenvalue weighted by molar-refractivity contribution is 0.285. The van der Waals surface area contributed by atoms with Crippen molar-refractivity contribution in [2.45, 2.75) is 24.5 Å². The Morgan fingerprint density at radius 1 is 0.769 bits per heavy atom. The summed E-state index contributed by atoms with van der Waals surface area (Å²) in [5, 5.41) is 18.4. The van der Waals surface area contributed by atoms with Crippen molar-refractivity contribution in [3.63, 3.8) is 0 Å². The summed E-state index contributed by atoms with van der Waals surface area (Å²) < 4.78 is 145. The maximum atomic E-state index is 12.1. The average Bonchev–Trinajstić information content (AvgIpc) is 3.02. The monoisotopic (exact) mass is 841 g/mol. The van der Waals surface area contributed by atoms with Gasteiger partial charge >= 0.3 is 10.4 Å². The summed E-state index contributed by atoms with van der Waals surface area (Å²) in [5.41, 5.74) is 14.6. The second kappa shape index (κ2) is 16.2. The molecule has 20 nitrogen and oxygen atoms in total. The minimum Gasteiger partial charge on any atom is -0.505 e. The number of nitrogen functional groups attached to an aromatic ring is 3. The minimum atomic E-state index is -5.23. The minimum absolute atomic E-state index is 0.0991. The van der Waals surface area contributed by atoms with Gasteiger partial charge in [0, 0.05) is 26.6 Å². The molecule has 1 unspecified atom stereocenters. The normalized spacial score (nSPS) is 13.1. The van der Waals surface area contributed by atoms with Crippen LogP contribution in [-0.2, 0) is 55.7 Å². The van der Waals surface area contributed by atoms with Crippen LogP contribution in [0, 0.1) is 0 Å². The highest BCUT2D eigenvalue weighted by molar-refractivity contribution is 7.99. The Labute approximate surface area is 303 Å². The standard InChI is InChI=1S/C18H18N4O14S5.C8H9NOS/c19-15-12(39(27,28)29)5-8-6-13(40(30,31)32)17(18(23)14(8)16(15)20)22-21-10-2-1-9(7-11(10)38(24,25)26)37-4-3-36-41(33,34)35;1-2-11(10)8-5-3-7(9)4-6-8/h1-2,5-7,23H,3-4,19-20H2,(H,24,25,26)(H,27,28,29)(H,30,31,32)(H,33,34,35);2-6H,1,9H2. The second-order valence-corrected chi connectivity index (χ2v) is 17.6.